The fourth-order valence-electron chi connectivity index (χ4n) is 1.26. The molecule has 1 aromatic rings. The first kappa shape index (κ1) is 13.6. The van der Waals surface area contributed by atoms with Crippen molar-refractivity contribution in [3.63, 3.8) is 0 Å². The van der Waals surface area contributed by atoms with Gasteiger partial charge in [-0.3, -0.25) is 0 Å². The molecule has 0 aromatic carbocycles. The van der Waals surface area contributed by atoms with Gasteiger partial charge in [0.1, 0.15) is 0 Å². The highest BCUT2D eigenvalue weighted by Gasteiger charge is 2.06. The van der Waals surface area contributed by atoms with Crippen LogP contribution < -0.4 is 10.6 Å². The molecule has 0 radical (unpaired) electrons. The maximum absolute atomic E-state index is 13.4. The van der Waals surface area contributed by atoms with Crippen molar-refractivity contribution in [2.45, 2.75) is 13.8 Å². The lowest BCUT2D eigenvalue weighted by Gasteiger charge is -2.14. The van der Waals surface area contributed by atoms with Crippen LogP contribution in [0.4, 0.5) is 16.2 Å². The van der Waals surface area contributed by atoms with Gasteiger partial charge in [0.2, 0.25) is 5.95 Å². The predicted octanol–water partition coefficient (Wildman–Crippen LogP) is 1.41. The van der Waals surface area contributed by atoms with Crippen LogP contribution in [0, 0.1) is 5.82 Å². The van der Waals surface area contributed by atoms with Gasteiger partial charge < -0.3 is 15.5 Å². The maximum atomic E-state index is 13.4. The van der Waals surface area contributed by atoms with E-state index >= 15 is 0 Å². The Kier molecular flexibility index (Phi) is 5.62. The Labute approximate surface area is 101 Å². The molecule has 1 aromatic heterocycles. The first-order valence-electron chi connectivity index (χ1n) is 5.86. The molecule has 0 fully saturated rings. The Morgan fingerprint density at radius 1 is 1.35 bits per heavy atom. The zero-order valence-electron chi connectivity index (χ0n) is 10.6. The normalized spacial score (nSPS) is 10.6. The Morgan fingerprint density at radius 2 is 2.12 bits per heavy atom. The molecular formula is C11H20FN5. The van der Waals surface area contributed by atoms with Gasteiger partial charge in [0.05, 0.1) is 6.20 Å². The molecule has 1 heterocycles. The molecule has 96 valence electrons. The number of likely N-dealkylation sites (N-methyl/N-ethyl adjacent to an activating group) is 1. The van der Waals surface area contributed by atoms with Crippen molar-refractivity contribution < 1.29 is 4.39 Å². The summed E-state index contributed by atoms with van der Waals surface area (Å²) in [4.78, 5) is 10.0. The van der Waals surface area contributed by atoms with Crippen molar-refractivity contribution in [1.29, 1.82) is 0 Å². The summed E-state index contributed by atoms with van der Waals surface area (Å²) in [7, 11) is 2.02. The zero-order valence-corrected chi connectivity index (χ0v) is 10.6. The molecule has 5 nitrogen and oxygen atoms in total. The number of aromatic nitrogens is 2. The van der Waals surface area contributed by atoms with Crippen molar-refractivity contribution in [3.05, 3.63) is 12.0 Å². The van der Waals surface area contributed by atoms with Gasteiger partial charge in [-0.2, -0.15) is 4.98 Å². The third-order valence-corrected chi connectivity index (χ3v) is 2.40. The van der Waals surface area contributed by atoms with Crippen LogP contribution in [0.1, 0.15) is 13.8 Å². The third kappa shape index (κ3) is 4.52. The molecule has 0 saturated heterocycles. The number of anilines is 2. The Hall–Kier alpha value is -1.43. The first-order chi connectivity index (χ1) is 8.17. The number of hydrogen-bond acceptors (Lipinski definition) is 5. The smallest absolute Gasteiger partial charge is 0.224 e. The second-order valence-corrected chi connectivity index (χ2v) is 3.74. The van der Waals surface area contributed by atoms with E-state index in [-0.39, 0.29) is 5.82 Å². The van der Waals surface area contributed by atoms with Crippen LogP contribution in [0.2, 0.25) is 0 Å². The number of nitrogens with zero attached hydrogens (tertiary/aromatic N) is 3. The number of nitrogens with one attached hydrogen (secondary N) is 2. The SMILES string of the molecule is CCNc1ncc(F)c(NCCN(C)CC)n1. The summed E-state index contributed by atoms with van der Waals surface area (Å²) < 4.78 is 13.4. The molecule has 0 bridgehead atoms. The fourth-order valence-corrected chi connectivity index (χ4v) is 1.26. The minimum absolute atomic E-state index is 0.250. The van der Waals surface area contributed by atoms with Crippen molar-refractivity contribution in [3.8, 4) is 0 Å². The van der Waals surface area contributed by atoms with Gasteiger partial charge in [0, 0.05) is 19.6 Å². The Bertz CT molecular complexity index is 345. The Balaban J connectivity index is 2.54. The van der Waals surface area contributed by atoms with Gasteiger partial charge in [-0.1, -0.05) is 6.92 Å². The highest BCUT2D eigenvalue weighted by molar-refractivity contribution is 5.40. The van der Waals surface area contributed by atoms with Crippen LogP contribution in [0.5, 0.6) is 0 Å². The summed E-state index contributed by atoms with van der Waals surface area (Å²) >= 11 is 0. The molecule has 0 atom stereocenters. The molecule has 17 heavy (non-hydrogen) atoms. The van der Waals surface area contributed by atoms with Gasteiger partial charge >= 0.3 is 0 Å². The van der Waals surface area contributed by atoms with E-state index in [1.807, 2.05) is 14.0 Å². The van der Waals surface area contributed by atoms with E-state index in [4.69, 9.17) is 0 Å². The van der Waals surface area contributed by atoms with Crippen LogP contribution in [0.25, 0.3) is 0 Å². The van der Waals surface area contributed by atoms with Crippen LogP contribution in [-0.2, 0) is 0 Å². The molecule has 2 N–H and O–H groups in total. The van der Waals surface area contributed by atoms with Crippen molar-refractivity contribution >= 4 is 11.8 Å². The lowest BCUT2D eigenvalue weighted by molar-refractivity contribution is 0.366. The average Bonchev–Trinajstić information content (AvgIpc) is 2.33. The van der Waals surface area contributed by atoms with E-state index in [1.165, 1.54) is 6.20 Å². The lowest BCUT2D eigenvalue weighted by Crippen LogP contribution is -2.25. The molecular weight excluding hydrogens is 221 g/mol. The van der Waals surface area contributed by atoms with Gasteiger partial charge in [-0.15, -0.1) is 0 Å². The standard InChI is InChI=1S/C11H20FN5/c1-4-13-11-15-8-9(12)10(16-11)14-6-7-17(3)5-2/h8H,4-7H2,1-3H3,(H2,13,14,15,16). The van der Waals surface area contributed by atoms with E-state index in [2.05, 4.69) is 32.4 Å². The van der Waals surface area contributed by atoms with E-state index < -0.39 is 5.82 Å². The van der Waals surface area contributed by atoms with Crippen molar-refractivity contribution in [2.24, 2.45) is 0 Å². The summed E-state index contributed by atoms with van der Waals surface area (Å²) in [6.45, 7) is 7.20. The lowest BCUT2D eigenvalue weighted by atomic mass is 10.5. The summed E-state index contributed by atoms with van der Waals surface area (Å²) in [5.74, 6) is 0.270. The molecule has 6 heteroatoms. The second-order valence-electron chi connectivity index (χ2n) is 3.74. The minimum Gasteiger partial charge on any atom is -0.366 e. The Morgan fingerprint density at radius 3 is 2.76 bits per heavy atom. The molecule has 1 rings (SSSR count). The van der Waals surface area contributed by atoms with Crippen molar-refractivity contribution in [2.75, 3.05) is 43.9 Å². The van der Waals surface area contributed by atoms with Gasteiger partial charge in [0.25, 0.3) is 0 Å². The van der Waals surface area contributed by atoms with Crippen LogP contribution in [0.3, 0.4) is 0 Å². The molecule has 0 saturated carbocycles. The largest absolute Gasteiger partial charge is 0.366 e. The van der Waals surface area contributed by atoms with E-state index in [0.29, 0.717) is 19.0 Å². The maximum Gasteiger partial charge on any atom is 0.224 e. The minimum atomic E-state index is -0.425. The zero-order chi connectivity index (χ0) is 12.7. The monoisotopic (exact) mass is 241 g/mol. The van der Waals surface area contributed by atoms with E-state index in [1.54, 1.807) is 0 Å². The highest BCUT2D eigenvalue weighted by Crippen LogP contribution is 2.11. The summed E-state index contributed by atoms with van der Waals surface area (Å²) in [6, 6.07) is 0. The summed E-state index contributed by atoms with van der Waals surface area (Å²) in [5, 5.41) is 5.92. The second kappa shape index (κ2) is 7.01. The molecule has 0 aliphatic rings. The third-order valence-electron chi connectivity index (χ3n) is 2.40. The number of hydrogen-bond donors (Lipinski definition) is 2. The quantitative estimate of drug-likeness (QED) is 0.756. The topological polar surface area (TPSA) is 53.1 Å². The van der Waals surface area contributed by atoms with Gasteiger partial charge in [0.15, 0.2) is 11.6 Å². The van der Waals surface area contributed by atoms with Crippen LogP contribution in [0.15, 0.2) is 6.20 Å². The number of halogens is 1. The van der Waals surface area contributed by atoms with Crippen molar-refractivity contribution in [1.82, 2.24) is 14.9 Å². The highest BCUT2D eigenvalue weighted by atomic mass is 19.1. The molecule has 0 unspecified atom stereocenters. The van der Waals surface area contributed by atoms with Crippen LogP contribution >= 0.6 is 0 Å². The fraction of sp³-hybridized carbons (Fsp3) is 0.636. The molecule has 0 aliphatic heterocycles. The molecule has 0 spiro atoms. The average molecular weight is 241 g/mol. The summed E-state index contributed by atoms with van der Waals surface area (Å²) in [6.07, 6.45) is 1.18. The molecule has 0 amide bonds. The number of rotatable bonds is 7. The molecule has 0 aliphatic carbocycles. The predicted molar refractivity (Wildman–Crippen MR) is 67.8 cm³/mol. The first-order valence-corrected chi connectivity index (χ1v) is 5.86. The van der Waals surface area contributed by atoms with E-state index in [9.17, 15) is 4.39 Å². The van der Waals surface area contributed by atoms with Gasteiger partial charge in [-0.25, -0.2) is 9.37 Å². The van der Waals surface area contributed by atoms with Gasteiger partial charge in [-0.05, 0) is 20.5 Å². The van der Waals surface area contributed by atoms with E-state index in [0.717, 1.165) is 13.1 Å². The van der Waals surface area contributed by atoms with Crippen LogP contribution in [-0.4, -0.2) is 48.1 Å². The summed E-state index contributed by atoms with van der Waals surface area (Å²) in [5.41, 5.74) is 0.